The Bertz CT molecular complexity index is 1440. The molecule has 1 N–H and O–H groups in total. The Morgan fingerprint density at radius 3 is 2.40 bits per heavy atom. The Morgan fingerprint density at radius 1 is 0.971 bits per heavy atom. The van der Waals surface area contributed by atoms with Crippen LogP contribution in [0.5, 0.6) is 0 Å². The second-order valence-electron chi connectivity index (χ2n) is 8.55. The summed E-state index contributed by atoms with van der Waals surface area (Å²) in [5.41, 5.74) is 5.85. The largest absolute Gasteiger partial charge is 0.478 e. The van der Waals surface area contributed by atoms with Crippen molar-refractivity contribution < 1.29 is 19.4 Å². The first-order valence-corrected chi connectivity index (χ1v) is 11.3. The number of rotatable bonds is 5. The molecular weight excluding hydrogens is 440 g/mol. The summed E-state index contributed by atoms with van der Waals surface area (Å²) in [7, 11) is 1.36. The minimum atomic E-state index is -0.955. The number of carboxylic acid groups (broad SMARTS) is 1. The monoisotopic (exact) mass is 464 g/mol. The van der Waals surface area contributed by atoms with Gasteiger partial charge in [-0.2, -0.15) is 0 Å². The van der Waals surface area contributed by atoms with Gasteiger partial charge in [0.2, 0.25) is 0 Å². The number of nitrogens with zero attached hydrogens (tertiary/aromatic N) is 2. The van der Waals surface area contributed by atoms with Gasteiger partial charge in [0, 0.05) is 30.6 Å². The summed E-state index contributed by atoms with van der Waals surface area (Å²) >= 11 is 0. The van der Waals surface area contributed by atoms with Crippen LogP contribution in [0.15, 0.2) is 78.9 Å². The summed E-state index contributed by atoms with van der Waals surface area (Å²) in [5.74, 6) is -1.34. The highest BCUT2D eigenvalue weighted by atomic mass is 16.5. The Labute approximate surface area is 203 Å². The van der Waals surface area contributed by atoms with Gasteiger partial charge in [-0.1, -0.05) is 60.7 Å². The van der Waals surface area contributed by atoms with Crippen molar-refractivity contribution in [2.75, 3.05) is 13.7 Å². The number of carboxylic acids is 1. The second kappa shape index (κ2) is 9.52. The predicted octanol–water partition coefficient (Wildman–Crippen LogP) is 5.28. The zero-order chi connectivity index (χ0) is 24.4. The van der Waals surface area contributed by atoms with Gasteiger partial charge in [0.25, 0.3) is 0 Å². The fraction of sp³-hybridized carbons (Fsp3) is 0.138. The fourth-order valence-corrected chi connectivity index (χ4v) is 4.61. The van der Waals surface area contributed by atoms with E-state index < -0.39 is 5.97 Å². The third kappa shape index (κ3) is 4.56. The van der Waals surface area contributed by atoms with Crippen molar-refractivity contribution >= 4 is 34.5 Å². The van der Waals surface area contributed by atoms with E-state index in [1.54, 1.807) is 12.1 Å². The van der Waals surface area contributed by atoms with Crippen LogP contribution in [-0.2, 0) is 17.8 Å². The first-order chi connectivity index (χ1) is 17.0. The molecule has 1 aliphatic heterocycles. The number of ether oxygens (including phenoxy) is 1. The van der Waals surface area contributed by atoms with E-state index in [9.17, 15) is 14.7 Å². The summed E-state index contributed by atoms with van der Waals surface area (Å²) in [6.45, 7) is 1.79. The smallest absolute Gasteiger partial charge is 0.337 e. The van der Waals surface area contributed by atoms with Gasteiger partial charge in [-0.25, -0.2) is 14.6 Å². The number of esters is 1. The lowest BCUT2D eigenvalue weighted by Gasteiger charge is -2.31. The molecule has 0 saturated heterocycles. The van der Waals surface area contributed by atoms with Crippen LogP contribution in [0, 0.1) is 0 Å². The van der Waals surface area contributed by atoms with Crippen LogP contribution < -0.4 is 0 Å². The predicted molar refractivity (Wildman–Crippen MR) is 135 cm³/mol. The molecule has 0 bridgehead atoms. The van der Waals surface area contributed by atoms with E-state index in [1.807, 2.05) is 60.7 Å². The Kier molecular flexibility index (Phi) is 6.12. The number of methoxy groups -OCH3 is 1. The van der Waals surface area contributed by atoms with Crippen molar-refractivity contribution in [3.05, 3.63) is 112 Å². The SMILES string of the molecule is COC(=O)c1ccc(C=C2CN(Cc3ccccc3)Cc3c2nc2ccccc2c3C(=O)O)cc1. The summed E-state index contributed by atoms with van der Waals surface area (Å²) in [6, 6.07) is 24.7. The van der Waals surface area contributed by atoms with Crippen LogP contribution in [0.4, 0.5) is 0 Å². The van der Waals surface area contributed by atoms with Gasteiger partial charge in [-0.05, 0) is 41.0 Å². The second-order valence-corrected chi connectivity index (χ2v) is 8.55. The summed E-state index contributed by atoms with van der Waals surface area (Å²) in [4.78, 5) is 31.4. The van der Waals surface area contributed by atoms with Gasteiger partial charge < -0.3 is 9.84 Å². The molecule has 0 saturated carbocycles. The van der Waals surface area contributed by atoms with Gasteiger partial charge in [0.05, 0.1) is 29.4 Å². The molecule has 5 rings (SSSR count). The molecule has 1 aromatic heterocycles. The number of carbonyl (C=O) groups excluding carboxylic acids is 1. The highest BCUT2D eigenvalue weighted by Gasteiger charge is 2.28. The Hall–Kier alpha value is -4.29. The van der Waals surface area contributed by atoms with Crippen LogP contribution in [-0.4, -0.2) is 40.6 Å². The molecule has 35 heavy (non-hydrogen) atoms. The van der Waals surface area contributed by atoms with E-state index in [1.165, 1.54) is 7.11 Å². The topological polar surface area (TPSA) is 79.7 Å². The van der Waals surface area contributed by atoms with Crippen LogP contribution >= 0.6 is 0 Å². The molecular formula is C29H24N2O4. The molecule has 3 aromatic carbocycles. The molecule has 0 atom stereocenters. The van der Waals surface area contributed by atoms with Gasteiger partial charge in [0.1, 0.15) is 0 Å². The molecule has 0 radical (unpaired) electrons. The molecule has 6 heteroatoms. The molecule has 0 spiro atoms. The first-order valence-electron chi connectivity index (χ1n) is 11.3. The van der Waals surface area contributed by atoms with Gasteiger partial charge in [0.15, 0.2) is 0 Å². The van der Waals surface area contributed by atoms with Crippen molar-refractivity contribution in [1.29, 1.82) is 0 Å². The normalized spacial score (nSPS) is 14.6. The fourth-order valence-electron chi connectivity index (χ4n) is 4.61. The van der Waals surface area contributed by atoms with E-state index in [0.717, 1.165) is 22.3 Å². The quantitative estimate of drug-likeness (QED) is 0.405. The van der Waals surface area contributed by atoms with Crippen LogP contribution in [0.3, 0.4) is 0 Å². The molecule has 4 aromatic rings. The van der Waals surface area contributed by atoms with Crippen molar-refractivity contribution in [1.82, 2.24) is 9.88 Å². The Morgan fingerprint density at radius 2 is 1.69 bits per heavy atom. The van der Waals surface area contributed by atoms with E-state index in [-0.39, 0.29) is 5.97 Å². The molecule has 1 aliphatic rings. The number of pyridine rings is 1. The van der Waals surface area contributed by atoms with E-state index in [2.05, 4.69) is 17.0 Å². The Balaban J connectivity index is 1.64. The van der Waals surface area contributed by atoms with Crippen molar-refractivity contribution in [2.45, 2.75) is 13.1 Å². The van der Waals surface area contributed by atoms with E-state index >= 15 is 0 Å². The lowest BCUT2D eigenvalue weighted by Crippen LogP contribution is -2.31. The molecule has 2 heterocycles. The number of carbonyl (C=O) groups is 2. The molecule has 0 amide bonds. The highest BCUT2D eigenvalue weighted by molar-refractivity contribution is 6.06. The van der Waals surface area contributed by atoms with Crippen LogP contribution in [0.25, 0.3) is 22.6 Å². The minimum absolute atomic E-state index is 0.301. The standard InChI is InChI=1S/C29H24N2O4/c1-35-29(34)21-13-11-19(12-14-21)15-22-17-31(16-20-7-3-2-4-8-20)18-24-26(28(32)33)23-9-5-6-10-25(23)30-27(22)24/h2-15H,16-18H2,1H3,(H,32,33). The number of benzene rings is 3. The average Bonchev–Trinajstić information content (AvgIpc) is 2.88. The third-order valence-corrected chi connectivity index (χ3v) is 6.21. The van der Waals surface area contributed by atoms with Crippen LogP contribution in [0.1, 0.15) is 43.1 Å². The number of fused-ring (bicyclic) bond motifs is 2. The maximum Gasteiger partial charge on any atom is 0.337 e. The molecule has 174 valence electrons. The van der Waals surface area contributed by atoms with Gasteiger partial charge >= 0.3 is 11.9 Å². The molecule has 0 unspecified atom stereocenters. The summed E-state index contributed by atoms with van der Waals surface area (Å²) in [6.07, 6.45) is 2.02. The van der Waals surface area contributed by atoms with Crippen molar-refractivity contribution in [3.63, 3.8) is 0 Å². The molecule has 0 fully saturated rings. The summed E-state index contributed by atoms with van der Waals surface area (Å²) in [5, 5.41) is 10.8. The zero-order valence-electron chi connectivity index (χ0n) is 19.3. The van der Waals surface area contributed by atoms with Gasteiger partial charge in [-0.3, -0.25) is 4.90 Å². The number of para-hydroxylation sites is 1. The molecule has 6 nitrogen and oxygen atoms in total. The lowest BCUT2D eigenvalue weighted by atomic mass is 9.91. The number of aromatic carboxylic acids is 1. The maximum atomic E-state index is 12.4. The molecule has 0 aliphatic carbocycles. The van der Waals surface area contributed by atoms with Crippen LogP contribution in [0.2, 0.25) is 0 Å². The highest BCUT2D eigenvalue weighted by Crippen LogP contribution is 2.34. The maximum absolute atomic E-state index is 12.4. The van der Waals surface area contributed by atoms with E-state index in [4.69, 9.17) is 9.72 Å². The van der Waals surface area contributed by atoms with Crippen molar-refractivity contribution in [2.24, 2.45) is 0 Å². The average molecular weight is 465 g/mol. The minimum Gasteiger partial charge on any atom is -0.478 e. The van der Waals surface area contributed by atoms with Gasteiger partial charge in [-0.15, -0.1) is 0 Å². The zero-order valence-corrected chi connectivity index (χ0v) is 19.3. The first kappa shape index (κ1) is 22.5. The third-order valence-electron chi connectivity index (χ3n) is 6.21. The number of hydrogen-bond donors (Lipinski definition) is 1. The number of hydrogen-bond acceptors (Lipinski definition) is 5. The summed E-state index contributed by atoms with van der Waals surface area (Å²) < 4.78 is 4.79. The van der Waals surface area contributed by atoms with E-state index in [0.29, 0.717) is 47.4 Å². The number of aromatic nitrogens is 1. The lowest BCUT2D eigenvalue weighted by molar-refractivity contribution is 0.0599. The van der Waals surface area contributed by atoms with Crippen molar-refractivity contribution in [3.8, 4) is 0 Å².